The van der Waals surface area contributed by atoms with Crippen molar-refractivity contribution in [1.82, 2.24) is 9.55 Å². The lowest BCUT2D eigenvalue weighted by Crippen LogP contribution is -2.40. The van der Waals surface area contributed by atoms with Gasteiger partial charge in [-0.2, -0.15) is 0 Å². The molecular weight excluding hydrogens is 448 g/mol. The van der Waals surface area contributed by atoms with Gasteiger partial charge in [0, 0.05) is 19.2 Å². The summed E-state index contributed by atoms with van der Waals surface area (Å²) < 4.78 is 12.3. The fourth-order valence-electron chi connectivity index (χ4n) is 3.24. The van der Waals surface area contributed by atoms with Gasteiger partial charge in [-0.1, -0.05) is 31.9 Å². The molecule has 0 radical (unpaired) electrons. The van der Waals surface area contributed by atoms with E-state index < -0.39 is 17.2 Å². The van der Waals surface area contributed by atoms with Crippen LogP contribution in [0.15, 0.2) is 27.8 Å². The molecule has 2 aromatic rings. The number of halogens is 1. The van der Waals surface area contributed by atoms with Crippen molar-refractivity contribution in [1.29, 1.82) is 0 Å². The molecule has 1 aromatic carbocycles. The van der Waals surface area contributed by atoms with Crippen LogP contribution in [0.2, 0.25) is 5.02 Å². The second-order valence-corrected chi connectivity index (χ2v) is 7.70. The molecule has 3 N–H and O–H groups in total. The molecule has 9 nitrogen and oxygen atoms in total. The number of likely N-dealkylation sites (N-methyl/N-ethyl adjacent to an activating group) is 1. The van der Waals surface area contributed by atoms with Gasteiger partial charge in [-0.3, -0.25) is 19.1 Å². The summed E-state index contributed by atoms with van der Waals surface area (Å²) in [5.74, 6) is 0.368. The first-order valence-corrected chi connectivity index (χ1v) is 11.3. The van der Waals surface area contributed by atoms with E-state index >= 15 is 0 Å². The van der Waals surface area contributed by atoms with E-state index in [0.717, 1.165) is 12.8 Å². The third-order valence-corrected chi connectivity index (χ3v) is 5.20. The molecule has 2 rings (SSSR count). The lowest BCUT2D eigenvalue weighted by Gasteiger charge is -2.22. The first-order chi connectivity index (χ1) is 15.8. The molecule has 1 aromatic heterocycles. The number of nitrogen functional groups attached to an aromatic ring is 1. The zero-order valence-corrected chi connectivity index (χ0v) is 20.2. The second kappa shape index (κ2) is 12.2. The van der Waals surface area contributed by atoms with Gasteiger partial charge < -0.3 is 20.1 Å². The quantitative estimate of drug-likeness (QED) is 0.477. The van der Waals surface area contributed by atoms with Crippen LogP contribution < -0.4 is 31.4 Å². The number of rotatable bonds is 11. The monoisotopic (exact) mass is 478 g/mol. The Labute approximate surface area is 197 Å². The maximum atomic E-state index is 13.0. The molecule has 0 spiro atoms. The van der Waals surface area contributed by atoms with Gasteiger partial charge in [-0.05, 0) is 43.5 Å². The van der Waals surface area contributed by atoms with Crippen molar-refractivity contribution < 1.29 is 14.3 Å². The van der Waals surface area contributed by atoms with Crippen LogP contribution in [0.5, 0.6) is 11.5 Å². The van der Waals surface area contributed by atoms with Crippen LogP contribution in [-0.4, -0.2) is 35.7 Å². The van der Waals surface area contributed by atoms with Crippen LogP contribution >= 0.6 is 11.6 Å². The first-order valence-electron chi connectivity index (χ1n) is 10.9. The highest BCUT2D eigenvalue weighted by Gasteiger charge is 2.21. The molecule has 0 aliphatic carbocycles. The Kier molecular flexibility index (Phi) is 9.59. The predicted molar refractivity (Wildman–Crippen MR) is 131 cm³/mol. The molecule has 1 heterocycles. The molecule has 0 atom stereocenters. The van der Waals surface area contributed by atoms with Crippen LogP contribution in [0, 0.1) is 0 Å². The fourth-order valence-corrected chi connectivity index (χ4v) is 3.51. The lowest BCUT2D eigenvalue weighted by molar-refractivity contribution is -0.114. The molecule has 10 heteroatoms. The summed E-state index contributed by atoms with van der Waals surface area (Å²) >= 11 is 6.34. The highest BCUT2D eigenvalue weighted by molar-refractivity contribution is 6.32. The van der Waals surface area contributed by atoms with Crippen molar-refractivity contribution in [2.75, 3.05) is 30.9 Å². The van der Waals surface area contributed by atoms with E-state index in [1.165, 1.54) is 22.7 Å². The minimum absolute atomic E-state index is 0.0389. The normalized spacial score (nSPS) is 11.1. The molecule has 1 amide bonds. The van der Waals surface area contributed by atoms with E-state index in [-0.39, 0.29) is 18.1 Å². The van der Waals surface area contributed by atoms with Crippen molar-refractivity contribution in [3.05, 3.63) is 49.6 Å². The second-order valence-electron chi connectivity index (χ2n) is 7.30. The van der Waals surface area contributed by atoms with Gasteiger partial charge in [-0.25, -0.2) is 4.79 Å². The number of ether oxygens (including phenoxy) is 2. The molecule has 0 unspecified atom stereocenters. The summed E-state index contributed by atoms with van der Waals surface area (Å²) in [5.41, 5.74) is 5.39. The highest BCUT2D eigenvalue weighted by atomic mass is 35.5. The van der Waals surface area contributed by atoms with Crippen LogP contribution in [0.4, 0.5) is 11.5 Å². The Balaban J connectivity index is 2.39. The third-order valence-electron chi connectivity index (χ3n) is 4.92. The Morgan fingerprint density at radius 2 is 1.97 bits per heavy atom. The van der Waals surface area contributed by atoms with Crippen LogP contribution in [0.3, 0.4) is 0 Å². The number of hydrogen-bond donors (Lipinski definition) is 2. The summed E-state index contributed by atoms with van der Waals surface area (Å²) in [6.07, 6.45) is 5.22. The van der Waals surface area contributed by atoms with Crippen LogP contribution in [-0.2, 0) is 11.3 Å². The molecule has 0 fully saturated rings. The number of anilines is 2. The minimum Gasteiger partial charge on any atom is -0.493 e. The number of nitrogens with one attached hydrogen (secondary N) is 1. The number of aromatic nitrogens is 2. The topological polar surface area (TPSA) is 120 Å². The molecular formula is C23H31ClN4O5. The average molecular weight is 479 g/mol. The molecule has 180 valence electrons. The summed E-state index contributed by atoms with van der Waals surface area (Å²) in [5, 5.41) is 0.353. The molecule has 0 saturated carbocycles. The average Bonchev–Trinajstić information content (AvgIpc) is 2.78. The number of methoxy groups -OCH3 is 1. The number of aromatic amines is 1. The Morgan fingerprint density at radius 3 is 2.58 bits per heavy atom. The standard InChI is InChI=1S/C23H31ClN4O5/c1-5-8-11-28-21(25)19(22(30)26-23(28)31)27(7-3)18(29)10-9-15-13-16(24)20(33-12-6-2)17(14-15)32-4/h9-10,13-14H,5-8,11-12,25H2,1-4H3,(H,26,30,31)/b10-9+. The van der Waals surface area contributed by atoms with E-state index in [9.17, 15) is 14.4 Å². The van der Waals surface area contributed by atoms with Crippen molar-refractivity contribution in [2.45, 2.75) is 46.6 Å². The van der Waals surface area contributed by atoms with E-state index in [1.54, 1.807) is 25.1 Å². The third kappa shape index (κ3) is 6.19. The number of carbonyl (C=O) groups is 1. The SMILES string of the molecule is CCCCn1c(N)c(N(CC)C(=O)/C=C/c2cc(Cl)c(OCCC)c(OC)c2)c(=O)[nH]c1=O. The zero-order valence-electron chi connectivity index (χ0n) is 19.4. The van der Waals surface area contributed by atoms with E-state index in [1.807, 2.05) is 13.8 Å². The number of carbonyl (C=O) groups excluding carboxylic acids is 1. The number of unbranched alkanes of at least 4 members (excludes halogenated alkanes) is 1. The molecule has 0 aliphatic rings. The van der Waals surface area contributed by atoms with Gasteiger partial charge in [0.15, 0.2) is 17.2 Å². The van der Waals surface area contributed by atoms with Crippen molar-refractivity contribution in [3.63, 3.8) is 0 Å². The minimum atomic E-state index is -0.712. The van der Waals surface area contributed by atoms with E-state index in [0.29, 0.717) is 41.7 Å². The lowest BCUT2D eigenvalue weighted by atomic mass is 10.1. The maximum absolute atomic E-state index is 13.0. The van der Waals surface area contributed by atoms with Gasteiger partial charge >= 0.3 is 5.69 Å². The number of amides is 1. The Bertz CT molecular complexity index is 1120. The van der Waals surface area contributed by atoms with Crippen molar-refractivity contribution >= 4 is 35.1 Å². The first kappa shape index (κ1) is 26.1. The number of nitrogens with two attached hydrogens (primary N) is 1. The summed E-state index contributed by atoms with van der Waals surface area (Å²) in [4.78, 5) is 41.1. The number of hydrogen-bond acceptors (Lipinski definition) is 6. The molecule has 0 bridgehead atoms. The number of nitrogens with zero attached hydrogens (tertiary/aromatic N) is 2. The number of benzene rings is 1. The molecule has 0 aliphatic heterocycles. The Hall–Kier alpha value is -3.20. The highest BCUT2D eigenvalue weighted by Crippen LogP contribution is 2.37. The van der Waals surface area contributed by atoms with Gasteiger partial charge in [0.1, 0.15) is 5.82 Å². The fraction of sp³-hybridized carbons (Fsp3) is 0.435. The summed E-state index contributed by atoms with van der Waals surface area (Å²) in [6, 6.07) is 3.35. The predicted octanol–water partition coefficient (Wildman–Crippen LogP) is 3.44. The van der Waals surface area contributed by atoms with Gasteiger partial charge in [0.25, 0.3) is 11.5 Å². The maximum Gasteiger partial charge on any atom is 0.330 e. The summed E-state index contributed by atoms with van der Waals surface area (Å²) in [7, 11) is 1.50. The van der Waals surface area contributed by atoms with Gasteiger partial charge in [-0.15, -0.1) is 0 Å². The Morgan fingerprint density at radius 1 is 1.24 bits per heavy atom. The van der Waals surface area contributed by atoms with Crippen molar-refractivity contribution in [3.8, 4) is 11.5 Å². The van der Waals surface area contributed by atoms with Crippen LogP contribution in [0.1, 0.15) is 45.6 Å². The largest absolute Gasteiger partial charge is 0.493 e. The molecule has 0 saturated heterocycles. The van der Waals surface area contributed by atoms with E-state index in [2.05, 4.69) is 4.98 Å². The van der Waals surface area contributed by atoms with Gasteiger partial charge in [0.05, 0.1) is 18.7 Å². The van der Waals surface area contributed by atoms with Crippen LogP contribution in [0.25, 0.3) is 6.08 Å². The number of H-pyrrole nitrogens is 1. The summed E-state index contributed by atoms with van der Waals surface area (Å²) in [6.45, 7) is 6.69. The van der Waals surface area contributed by atoms with E-state index in [4.69, 9.17) is 26.8 Å². The van der Waals surface area contributed by atoms with Gasteiger partial charge in [0.2, 0.25) is 0 Å². The zero-order chi connectivity index (χ0) is 24.5. The smallest absolute Gasteiger partial charge is 0.330 e. The molecule has 33 heavy (non-hydrogen) atoms. The van der Waals surface area contributed by atoms with Crippen molar-refractivity contribution in [2.24, 2.45) is 0 Å².